The van der Waals surface area contributed by atoms with Gasteiger partial charge in [-0.15, -0.1) is 0 Å². The number of anilines is 1. The summed E-state index contributed by atoms with van der Waals surface area (Å²) in [5.74, 6) is 1.35. The number of aromatic nitrogens is 2. The molecule has 0 spiro atoms. The van der Waals surface area contributed by atoms with Gasteiger partial charge in [-0.25, -0.2) is 18.1 Å². The van der Waals surface area contributed by atoms with Gasteiger partial charge in [-0.2, -0.15) is 0 Å². The lowest BCUT2D eigenvalue weighted by atomic mass is 9.86. The monoisotopic (exact) mass is 392 g/mol. The second kappa shape index (κ2) is 7.80. The highest BCUT2D eigenvalue weighted by molar-refractivity contribution is 7.90. The normalized spacial score (nSPS) is 21.5. The molecule has 0 unspecified atom stereocenters. The van der Waals surface area contributed by atoms with Gasteiger partial charge in [-0.3, -0.25) is 0 Å². The number of fused-ring (bicyclic) bond motifs is 1. The maximum absolute atomic E-state index is 12.2. The van der Waals surface area contributed by atoms with Crippen molar-refractivity contribution in [1.29, 1.82) is 0 Å². The Hall–Kier alpha value is -1.60. The van der Waals surface area contributed by atoms with Gasteiger partial charge in [0.05, 0.1) is 15.8 Å². The molecule has 1 heterocycles. The summed E-state index contributed by atoms with van der Waals surface area (Å²) in [6, 6.07) is 8.61. The van der Waals surface area contributed by atoms with E-state index in [1.54, 1.807) is 20.8 Å². The van der Waals surface area contributed by atoms with E-state index >= 15 is 0 Å². The first-order valence-corrected chi connectivity index (χ1v) is 11.4. The molecule has 0 radical (unpaired) electrons. The zero-order valence-electron chi connectivity index (χ0n) is 16.8. The highest BCUT2D eigenvalue weighted by atomic mass is 32.2. The molecule has 0 amide bonds. The van der Waals surface area contributed by atoms with E-state index in [0.717, 1.165) is 49.2 Å². The van der Waals surface area contributed by atoms with Crippen molar-refractivity contribution in [3.63, 3.8) is 0 Å². The van der Waals surface area contributed by atoms with Gasteiger partial charge < -0.3 is 9.88 Å². The van der Waals surface area contributed by atoms with E-state index in [9.17, 15) is 8.42 Å². The van der Waals surface area contributed by atoms with E-state index in [2.05, 4.69) is 27.6 Å². The summed E-state index contributed by atoms with van der Waals surface area (Å²) in [5.41, 5.74) is 2.18. The predicted molar refractivity (Wildman–Crippen MR) is 111 cm³/mol. The summed E-state index contributed by atoms with van der Waals surface area (Å²) in [6.45, 7) is 8.76. The molecule has 0 bridgehead atoms. The third-order valence-electron chi connectivity index (χ3n) is 5.52. The van der Waals surface area contributed by atoms with Crippen LogP contribution in [-0.2, 0) is 16.6 Å². The number of sulfonamides is 1. The molecular weight excluding hydrogens is 360 g/mol. The van der Waals surface area contributed by atoms with Crippen LogP contribution >= 0.6 is 0 Å². The second-order valence-electron chi connectivity index (χ2n) is 8.49. The molecule has 1 aliphatic carbocycles. The second-order valence-corrected chi connectivity index (χ2v) is 11.0. The van der Waals surface area contributed by atoms with Gasteiger partial charge in [0.15, 0.2) is 0 Å². The van der Waals surface area contributed by atoms with Gasteiger partial charge in [0, 0.05) is 19.1 Å². The van der Waals surface area contributed by atoms with Gasteiger partial charge >= 0.3 is 0 Å². The summed E-state index contributed by atoms with van der Waals surface area (Å²) in [6.07, 6.45) is 4.12. The third kappa shape index (κ3) is 4.46. The van der Waals surface area contributed by atoms with E-state index in [-0.39, 0.29) is 0 Å². The Morgan fingerprint density at radius 1 is 1.15 bits per heavy atom. The number of hydrogen-bond donors (Lipinski definition) is 2. The number of aryl methyl sites for hydroxylation is 1. The van der Waals surface area contributed by atoms with Crippen molar-refractivity contribution < 1.29 is 8.42 Å². The van der Waals surface area contributed by atoms with Crippen LogP contribution in [0.15, 0.2) is 24.3 Å². The quantitative estimate of drug-likeness (QED) is 0.785. The fourth-order valence-corrected chi connectivity index (χ4v) is 4.53. The predicted octanol–water partition coefficient (Wildman–Crippen LogP) is 3.74. The fourth-order valence-electron chi connectivity index (χ4n) is 3.64. The minimum Gasteiger partial charge on any atom is -0.353 e. The van der Waals surface area contributed by atoms with Gasteiger partial charge in [0.1, 0.15) is 0 Å². The molecule has 27 heavy (non-hydrogen) atoms. The molecule has 3 rings (SSSR count). The van der Waals surface area contributed by atoms with E-state index in [4.69, 9.17) is 4.98 Å². The Bertz CT molecular complexity index is 875. The number of imidazole rings is 1. The van der Waals surface area contributed by atoms with Crippen LogP contribution in [0, 0.1) is 5.92 Å². The van der Waals surface area contributed by atoms with Crippen LogP contribution in [0.3, 0.4) is 0 Å². The maximum atomic E-state index is 12.2. The highest BCUT2D eigenvalue weighted by Gasteiger charge is 2.30. The average Bonchev–Trinajstić information content (AvgIpc) is 2.97. The molecule has 1 fully saturated rings. The summed E-state index contributed by atoms with van der Waals surface area (Å²) in [7, 11) is -3.26. The average molecular weight is 393 g/mol. The van der Waals surface area contributed by atoms with Gasteiger partial charge in [-0.05, 0) is 71.4 Å². The van der Waals surface area contributed by atoms with Crippen LogP contribution in [-0.4, -0.2) is 35.3 Å². The SMILES string of the molecule is CCn1c(N[C@H]2CC[C@H](CNS(=O)(=O)C(C)(C)C)CC2)nc2ccccc21. The molecule has 150 valence electrons. The number of nitrogens with one attached hydrogen (secondary N) is 2. The maximum Gasteiger partial charge on any atom is 0.216 e. The standard InChI is InChI=1S/C20H32N4O2S/c1-5-24-18-9-7-6-8-17(18)23-19(24)22-16-12-10-15(11-13-16)14-21-27(25,26)20(2,3)4/h6-9,15-16,21H,5,10-14H2,1-4H3,(H,22,23)/t15-,16-. The lowest BCUT2D eigenvalue weighted by Crippen LogP contribution is -2.42. The van der Waals surface area contributed by atoms with Crippen molar-refractivity contribution in [3.8, 4) is 0 Å². The van der Waals surface area contributed by atoms with E-state index in [1.165, 1.54) is 0 Å². The Kier molecular flexibility index (Phi) is 5.82. The largest absolute Gasteiger partial charge is 0.353 e. The van der Waals surface area contributed by atoms with Crippen LogP contribution in [0.25, 0.3) is 11.0 Å². The van der Waals surface area contributed by atoms with Crippen molar-refractivity contribution in [2.24, 2.45) is 5.92 Å². The summed E-state index contributed by atoms with van der Waals surface area (Å²) in [4.78, 5) is 4.75. The van der Waals surface area contributed by atoms with Crippen molar-refractivity contribution in [3.05, 3.63) is 24.3 Å². The van der Waals surface area contributed by atoms with Crippen LogP contribution in [0.1, 0.15) is 53.4 Å². The zero-order valence-corrected chi connectivity index (χ0v) is 17.6. The van der Waals surface area contributed by atoms with Crippen molar-refractivity contribution in [1.82, 2.24) is 14.3 Å². The first-order chi connectivity index (χ1) is 12.7. The number of para-hydroxylation sites is 2. The number of nitrogens with zero attached hydrogens (tertiary/aromatic N) is 2. The molecule has 7 heteroatoms. The molecule has 2 aromatic rings. The highest BCUT2D eigenvalue weighted by Crippen LogP contribution is 2.28. The first kappa shape index (κ1) is 20.1. The molecule has 1 aromatic heterocycles. The van der Waals surface area contributed by atoms with Gasteiger partial charge in [0.2, 0.25) is 16.0 Å². The number of benzene rings is 1. The molecule has 6 nitrogen and oxygen atoms in total. The van der Waals surface area contributed by atoms with Crippen molar-refractivity contribution in [2.45, 2.75) is 70.7 Å². The van der Waals surface area contributed by atoms with E-state index in [1.807, 2.05) is 18.2 Å². The van der Waals surface area contributed by atoms with Gasteiger partial charge in [-0.1, -0.05) is 12.1 Å². The molecule has 0 aliphatic heterocycles. The number of rotatable bonds is 6. The minimum atomic E-state index is -3.26. The topological polar surface area (TPSA) is 76.0 Å². The lowest BCUT2D eigenvalue weighted by Gasteiger charge is -2.30. The van der Waals surface area contributed by atoms with Crippen molar-refractivity contribution in [2.75, 3.05) is 11.9 Å². The molecule has 0 atom stereocenters. The third-order valence-corrected chi connectivity index (χ3v) is 7.68. The summed E-state index contributed by atoms with van der Waals surface area (Å²) in [5, 5.41) is 3.62. The Morgan fingerprint density at radius 2 is 1.81 bits per heavy atom. The Morgan fingerprint density at radius 3 is 2.44 bits per heavy atom. The molecule has 2 N–H and O–H groups in total. The van der Waals surface area contributed by atoms with Crippen molar-refractivity contribution >= 4 is 27.0 Å². The van der Waals surface area contributed by atoms with Crippen LogP contribution in [0.5, 0.6) is 0 Å². The molecule has 1 aromatic carbocycles. The molecule has 0 saturated heterocycles. The summed E-state index contributed by atoms with van der Waals surface area (Å²) >= 11 is 0. The molecule has 1 saturated carbocycles. The fraction of sp³-hybridized carbons (Fsp3) is 0.650. The van der Waals surface area contributed by atoms with Crippen LogP contribution in [0.4, 0.5) is 5.95 Å². The minimum absolute atomic E-state index is 0.391. The Labute approximate surface area is 162 Å². The zero-order chi connectivity index (χ0) is 19.7. The number of hydrogen-bond acceptors (Lipinski definition) is 4. The Balaban J connectivity index is 1.56. The molecule has 1 aliphatic rings. The van der Waals surface area contributed by atoms with E-state index < -0.39 is 14.8 Å². The van der Waals surface area contributed by atoms with Crippen LogP contribution in [0.2, 0.25) is 0 Å². The van der Waals surface area contributed by atoms with Gasteiger partial charge in [0.25, 0.3) is 0 Å². The van der Waals surface area contributed by atoms with Crippen LogP contribution < -0.4 is 10.0 Å². The molecular formula is C20H32N4O2S. The lowest BCUT2D eigenvalue weighted by molar-refractivity contribution is 0.335. The van der Waals surface area contributed by atoms with E-state index in [0.29, 0.717) is 18.5 Å². The summed E-state index contributed by atoms with van der Waals surface area (Å²) < 4.78 is 28.7. The first-order valence-electron chi connectivity index (χ1n) is 9.92. The smallest absolute Gasteiger partial charge is 0.216 e.